The highest BCUT2D eigenvalue weighted by atomic mass is 32.1. The van der Waals surface area contributed by atoms with Crippen molar-refractivity contribution in [3.05, 3.63) is 84.2 Å². The molecule has 138 valence electrons. The first-order chi connectivity index (χ1) is 13.3. The standard InChI is InChI=1S/C20H21N5OS/c26-12-11-25-19(18(23-20(25)27)16-6-1-2-9-22-16)17-7-4-10-24(17)14-15-5-3-8-21-13-15/h1-10,13,18-19,26H,11-12,14H2,(H,23,27)/t18-,19+/m1/s1. The van der Waals surface area contributed by atoms with Crippen molar-refractivity contribution >= 4 is 17.3 Å². The van der Waals surface area contributed by atoms with Crippen LogP contribution in [0.3, 0.4) is 0 Å². The van der Waals surface area contributed by atoms with Crippen molar-refractivity contribution in [2.24, 2.45) is 0 Å². The molecule has 4 rings (SSSR count). The summed E-state index contributed by atoms with van der Waals surface area (Å²) in [5.41, 5.74) is 3.18. The predicted molar refractivity (Wildman–Crippen MR) is 107 cm³/mol. The Bertz CT molecular complexity index is 899. The number of aliphatic hydroxyl groups excluding tert-OH is 1. The van der Waals surface area contributed by atoms with Gasteiger partial charge >= 0.3 is 0 Å². The van der Waals surface area contributed by atoms with Gasteiger partial charge in [-0.1, -0.05) is 12.1 Å². The number of β-amino-alcohol motifs (C(OH)–C–C–N with tert-alkyl or cyclic N) is 1. The topological polar surface area (TPSA) is 66.2 Å². The van der Waals surface area contributed by atoms with E-state index >= 15 is 0 Å². The third-order valence-electron chi connectivity index (χ3n) is 4.78. The monoisotopic (exact) mass is 379 g/mol. The summed E-state index contributed by atoms with van der Waals surface area (Å²) >= 11 is 5.56. The van der Waals surface area contributed by atoms with E-state index in [1.165, 1.54) is 0 Å². The van der Waals surface area contributed by atoms with Crippen molar-refractivity contribution < 1.29 is 5.11 Å². The van der Waals surface area contributed by atoms with Gasteiger partial charge in [0.05, 0.1) is 24.4 Å². The molecule has 1 aliphatic heterocycles. The van der Waals surface area contributed by atoms with Crippen LogP contribution in [0.4, 0.5) is 0 Å². The number of thiocarbonyl (C=S) groups is 1. The third-order valence-corrected chi connectivity index (χ3v) is 5.13. The number of rotatable bonds is 6. The first-order valence-electron chi connectivity index (χ1n) is 8.91. The molecule has 0 saturated carbocycles. The van der Waals surface area contributed by atoms with Gasteiger partial charge in [-0.2, -0.15) is 0 Å². The Balaban J connectivity index is 1.72. The van der Waals surface area contributed by atoms with E-state index < -0.39 is 0 Å². The molecular formula is C20H21N5OS. The van der Waals surface area contributed by atoms with Gasteiger partial charge in [-0.15, -0.1) is 0 Å². The lowest BCUT2D eigenvalue weighted by Crippen LogP contribution is -2.33. The fourth-order valence-corrected chi connectivity index (χ4v) is 3.94. The molecule has 0 radical (unpaired) electrons. The molecule has 1 fully saturated rings. The summed E-state index contributed by atoms with van der Waals surface area (Å²) in [6.07, 6.45) is 7.51. The van der Waals surface area contributed by atoms with E-state index in [0.29, 0.717) is 11.7 Å². The molecule has 4 heterocycles. The quantitative estimate of drug-likeness (QED) is 0.641. The van der Waals surface area contributed by atoms with E-state index in [1.54, 1.807) is 12.4 Å². The summed E-state index contributed by atoms with van der Waals surface area (Å²) < 4.78 is 2.21. The Hall–Kier alpha value is -2.77. The summed E-state index contributed by atoms with van der Waals surface area (Å²) in [6, 6.07) is 13.9. The molecule has 6 nitrogen and oxygen atoms in total. The van der Waals surface area contributed by atoms with Crippen LogP contribution in [-0.2, 0) is 6.54 Å². The maximum absolute atomic E-state index is 9.56. The Morgan fingerprint density at radius 1 is 1.11 bits per heavy atom. The zero-order chi connectivity index (χ0) is 18.6. The molecule has 27 heavy (non-hydrogen) atoms. The molecule has 0 bridgehead atoms. The molecule has 1 aliphatic rings. The molecule has 7 heteroatoms. The molecule has 0 aromatic carbocycles. The summed E-state index contributed by atoms with van der Waals surface area (Å²) in [7, 11) is 0. The zero-order valence-corrected chi connectivity index (χ0v) is 15.6. The maximum Gasteiger partial charge on any atom is 0.170 e. The summed E-state index contributed by atoms with van der Waals surface area (Å²) in [6.45, 7) is 1.23. The number of pyridine rings is 2. The Labute approximate surface area is 163 Å². The van der Waals surface area contributed by atoms with Crippen LogP contribution >= 0.6 is 12.2 Å². The van der Waals surface area contributed by atoms with E-state index in [2.05, 4.69) is 38.2 Å². The predicted octanol–water partition coefficient (Wildman–Crippen LogP) is 2.29. The Morgan fingerprint density at radius 3 is 2.78 bits per heavy atom. The number of aliphatic hydroxyl groups is 1. The van der Waals surface area contributed by atoms with E-state index in [1.807, 2.05) is 41.4 Å². The fourth-order valence-electron chi connectivity index (χ4n) is 3.60. The lowest BCUT2D eigenvalue weighted by molar-refractivity contribution is 0.219. The summed E-state index contributed by atoms with van der Waals surface area (Å²) in [5, 5.41) is 13.6. The van der Waals surface area contributed by atoms with Crippen molar-refractivity contribution in [3.8, 4) is 0 Å². The van der Waals surface area contributed by atoms with Crippen LogP contribution in [0.1, 0.15) is 29.0 Å². The number of aromatic nitrogens is 3. The van der Waals surface area contributed by atoms with E-state index in [-0.39, 0.29) is 18.7 Å². The van der Waals surface area contributed by atoms with Gasteiger partial charge in [-0.25, -0.2) is 0 Å². The molecule has 2 N–H and O–H groups in total. The largest absolute Gasteiger partial charge is 0.395 e. The number of nitrogens with zero attached hydrogens (tertiary/aromatic N) is 4. The third kappa shape index (κ3) is 3.56. The molecule has 0 amide bonds. The van der Waals surface area contributed by atoms with Crippen molar-refractivity contribution in [1.29, 1.82) is 0 Å². The lowest BCUT2D eigenvalue weighted by atomic mass is 10.0. The highest BCUT2D eigenvalue weighted by Gasteiger charge is 2.40. The minimum absolute atomic E-state index is 0.0383. The molecule has 0 aliphatic carbocycles. The number of hydrogen-bond donors (Lipinski definition) is 2. The summed E-state index contributed by atoms with van der Waals surface area (Å²) in [4.78, 5) is 10.8. The van der Waals surface area contributed by atoms with Crippen LogP contribution in [0.2, 0.25) is 0 Å². The molecular weight excluding hydrogens is 358 g/mol. The molecule has 1 saturated heterocycles. The highest BCUT2D eigenvalue weighted by Crippen LogP contribution is 2.38. The Morgan fingerprint density at radius 2 is 2.04 bits per heavy atom. The highest BCUT2D eigenvalue weighted by molar-refractivity contribution is 7.80. The van der Waals surface area contributed by atoms with Gasteiger partial charge in [0.2, 0.25) is 0 Å². The minimum atomic E-state index is -0.0761. The number of hydrogen-bond acceptors (Lipinski definition) is 4. The smallest absolute Gasteiger partial charge is 0.170 e. The van der Waals surface area contributed by atoms with Gasteiger partial charge in [-0.05, 0) is 48.1 Å². The first-order valence-corrected chi connectivity index (χ1v) is 9.31. The Kier molecular flexibility index (Phi) is 5.13. The van der Waals surface area contributed by atoms with E-state index in [0.717, 1.165) is 23.5 Å². The van der Waals surface area contributed by atoms with Crippen LogP contribution in [0, 0.1) is 0 Å². The van der Waals surface area contributed by atoms with E-state index in [9.17, 15) is 5.11 Å². The van der Waals surface area contributed by atoms with Crippen LogP contribution < -0.4 is 5.32 Å². The molecule has 3 aromatic rings. The molecule has 2 atom stereocenters. The normalized spacial score (nSPS) is 19.3. The van der Waals surface area contributed by atoms with Crippen LogP contribution in [0.25, 0.3) is 0 Å². The molecule has 0 unspecified atom stereocenters. The van der Waals surface area contributed by atoms with Crippen molar-refractivity contribution in [3.63, 3.8) is 0 Å². The van der Waals surface area contributed by atoms with Gasteiger partial charge in [-0.3, -0.25) is 9.97 Å². The lowest BCUT2D eigenvalue weighted by Gasteiger charge is -2.28. The van der Waals surface area contributed by atoms with Crippen molar-refractivity contribution in [2.45, 2.75) is 18.6 Å². The average Bonchev–Trinajstić information content (AvgIpc) is 3.28. The molecule has 3 aromatic heterocycles. The van der Waals surface area contributed by atoms with Gasteiger partial charge in [0.25, 0.3) is 0 Å². The first kappa shape index (κ1) is 17.6. The minimum Gasteiger partial charge on any atom is -0.395 e. The van der Waals surface area contributed by atoms with Crippen molar-refractivity contribution in [1.82, 2.24) is 24.8 Å². The average molecular weight is 379 g/mol. The van der Waals surface area contributed by atoms with Gasteiger partial charge in [0.1, 0.15) is 0 Å². The van der Waals surface area contributed by atoms with Gasteiger partial charge < -0.3 is 19.9 Å². The zero-order valence-electron chi connectivity index (χ0n) is 14.8. The van der Waals surface area contributed by atoms with Crippen LogP contribution in [0.15, 0.2) is 67.3 Å². The second-order valence-corrected chi connectivity index (χ2v) is 6.85. The number of nitrogens with one attached hydrogen (secondary N) is 1. The van der Waals surface area contributed by atoms with Crippen molar-refractivity contribution in [2.75, 3.05) is 13.2 Å². The van der Waals surface area contributed by atoms with Gasteiger partial charge in [0, 0.05) is 43.6 Å². The fraction of sp³-hybridized carbons (Fsp3) is 0.250. The van der Waals surface area contributed by atoms with Crippen LogP contribution in [-0.4, -0.2) is 42.8 Å². The molecule has 0 spiro atoms. The second-order valence-electron chi connectivity index (χ2n) is 6.47. The second kappa shape index (κ2) is 7.85. The van der Waals surface area contributed by atoms with Gasteiger partial charge in [0.15, 0.2) is 5.11 Å². The SMILES string of the molecule is OCCN1C(=S)N[C@H](c2ccccn2)[C@@H]1c1cccn1Cc1cccnc1. The van der Waals surface area contributed by atoms with Crippen LogP contribution in [0.5, 0.6) is 0 Å². The van der Waals surface area contributed by atoms with E-state index in [4.69, 9.17) is 12.2 Å². The maximum atomic E-state index is 9.56. The summed E-state index contributed by atoms with van der Waals surface area (Å²) in [5.74, 6) is 0.